The molecule has 1 unspecified atom stereocenters. The molecule has 0 fully saturated rings. The van der Waals surface area contributed by atoms with Crippen LogP contribution in [0.5, 0.6) is 0 Å². The molecule has 0 saturated heterocycles. The minimum absolute atomic E-state index is 0.650. The molecule has 0 bridgehead atoms. The second-order valence-corrected chi connectivity index (χ2v) is 2.90. The molecule has 2 nitrogen and oxygen atoms in total. The van der Waals surface area contributed by atoms with Crippen LogP contribution in [0.15, 0.2) is 23.4 Å². The molecule has 9 heavy (non-hydrogen) atoms. The van der Waals surface area contributed by atoms with E-state index < -0.39 is 11.2 Å². The van der Waals surface area contributed by atoms with E-state index >= 15 is 0 Å². The Kier molecular flexibility index (Phi) is 2.08. The molecular formula is C6H6NOS. The van der Waals surface area contributed by atoms with Gasteiger partial charge in [-0.15, -0.1) is 0 Å². The van der Waals surface area contributed by atoms with Crippen molar-refractivity contribution in [2.24, 2.45) is 0 Å². The van der Waals surface area contributed by atoms with Gasteiger partial charge < -0.3 is 4.55 Å². The molecule has 3 heteroatoms. The van der Waals surface area contributed by atoms with Crippen molar-refractivity contribution in [2.45, 2.75) is 4.90 Å². The van der Waals surface area contributed by atoms with Gasteiger partial charge in [0.05, 0.1) is 6.20 Å². The summed E-state index contributed by atoms with van der Waals surface area (Å²) in [7, 11) is 0. The van der Waals surface area contributed by atoms with E-state index in [9.17, 15) is 4.55 Å². The van der Waals surface area contributed by atoms with Gasteiger partial charge in [-0.05, 0) is 17.2 Å². The van der Waals surface area contributed by atoms with Crippen LogP contribution in [0.2, 0.25) is 0 Å². The standard InChI is InChI=1S/C6H6NOS/c1-9(8)6-3-2-4-7-5-6/h2,4-5H,1H3. The molecule has 1 radical (unpaired) electrons. The number of hydrogen-bond acceptors (Lipinski definition) is 2. The number of aromatic nitrogens is 1. The van der Waals surface area contributed by atoms with Crippen LogP contribution in [0.4, 0.5) is 0 Å². The molecule has 0 aliphatic rings. The lowest BCUT2D eigenvalue weighted by atomic mass is 10.5. The summed E-state index contributed by atoms with van der Waals surface area (Å²) in [6.45, 7) is 0. The number of rotatable bonds is 1. The summed E-state index contributed by atoms with van der Waals surface area (Å²) in [6, 6.07) is 4.45. The van der Waals surface area contributed by atoms with E-state index in [-0.39, 0.29) is 0 Å². The van der Waals surface area contributed by atoms with Gasteiger partial charge in [0.2, 0.25) is 0 Å². The van der Waals surface area contributed by atoms with E-state index in [0.29, 0.717) is 4.90 Å². The molecular weight excluding hydrogens is 134 g/mol. The maximum Gasteiger partial charge on any atom is 0.178 e. The van der Waals surface area contributed by atoms with Gasteiger partial charge in [0.1, 0.15) is 6.26 Å². The Balaban J connectivity index is 2.85. The summed E-state index contributed by atoms with van der Waals surface area (Å²) in [5, 5.41) is 0. The molecule has 1 rings (SSSR count). The van der Waals surface area contributed by atoms with Gasteiger partial charge in [0.15, 0.2) is 4.90 Å². The predicted molar refractivity (Wildman–Crippen MR) is 35.4 cm³/mol. The number of pyridine rings is 1. The third kappa shape index (κ3) is 1.69. The van der Waals surface area contributed by atoms with Crippen molar-refractivity contribution in [3.8, 4) is 0 Å². The van der Waals surface area contributed by atoms with Crippen molar-refractivity contribution in [1.82, 2.24) is 4.98 Å². The Morgan fingerprint density at radius 3 is 2.89 bits per heavy atom. The molecule has 0 saturated carbocycles. The van der Waals surface area contributed by atoms with E-state index in [1.54, 1.807) is 24.7 Å². The van der Waals surface area contributed by atoms with Gasteiger partial charge in [0, 0.05) is 12.3 Å². The summed E-state index contributed by atoms with van der Waals surface area (Å²) in [6.07, 6.45) is 4.76. The molecule has 0 spiro atoms. The molecule has 0 amide bonds. The molecule has 1 aromatic heterocycles. The van der Waals surface area contributed by atoms with E-state index in [4.69, 9.17) is 0 Å². The van der Waals surface area contributed by atoms with Crippen LogP contribution in [0.1, 0.15) is 0 Å². The zero-order valence-corrected chi connectivity index (χ0v) is 5.81. The molecule has 0 aromatic carbocycles. The van der Waals surface area contributed by atoms with Crippen LogP contribution in [-0.2, 0) is 11.2 Å². The highest BCUT2D eigenvalue weighted by Crippen LogP contribution is 2.02. The average molecular weight is 140 g/mol. The maximum absolute atomic E-state index is 10.7. The molecule has 1 atom stereocenters. The van der Waals surface area contributed by atoms with Gasteiger partial charge in [-0.1, -0.05) is 0 Å². The summed E-state index contributed by atoms with van der Waals surface area (Å²) in [5.74, 6) is 0. The van der Waals surface area contributed by atoms with Gasteiger partial charge in [0.25, 0.3) is 0 Å². The SMILES string of the molecule is C[S+]([O-])c1[c]ccnc1. The van der Waals surface area contributed by atoms with Crippen molar-refractivity contribution < 1.29 is 4.55 Å². The van der Waals surface area contributed by atoms with Crippen LogP contribution >= 0.6 is 0 Å². The van der Waals surface area contributed by atoms with Gasteiger partial charge >= 0.3 is 0 Å². The van der Waals surface area contributed by atoms with Gasteiger partial charge in [-0.25, -0.2) is 0 Å². The third-order valence-corrected chi connectivity index (χ3v) is 1.73. The van der Waals surface area contributed by atoms with Crippen LogP contribution in [0.25, 0.3) is 0 Å². The van der Waals surface area contributed by atoms with Gasteiger partial charge in [-0.2, -0.15) is 0 Å². The fraction of sp³-hybridized carbons (Fsp3) is 0.167. The zero-order valence-electron chi connectivity index (χ0n) is 5.00. The van der Waals surface area contributed by atoms with Gasteiger partial charge in [-0.3, -0.25) is 4.98 Å². The topological polar surface area (TPSA) is 36.0 Å². The van der Waals surface area contributed by atoms with Crippen molar-refractivity contribution in [2.75, 3.05) is 6.26 Å². The van der Waals surface area contributed by atoms with E-state index in [0.717, 1.165) is 0 Å². The molecule has 0 aliphatic carbocycles. The lowest BCUT2D eigenvalue weighted by Gasteiger charge is -1.99. The fourth-order valence-corrected chi connectivity index (χ4v) is 0.911. The van der Waals surface area contributed by atoms with E-state index in [1.165, 1.54) is 0 Å². The second-order valence-electron chi connectivity index (χ2n) is 1.56. The first-order valence-electron chi connectivity index (χ1n) is 2.46. The third-order valence-electron chi connectivity index (χ3n) is 0.888. The zero-order chi connectivity index (χ0) is 6.69. The highest BCUT2D eigenvalue weighted by Gasteiger charge is 2.00. The molecule has 1 aromatic rings. The minimum Gasteiger partial charge on any atom is -0.612 e. The van der Waals surface area contributed by atoms with Crippen LogP contribution in [0, 0.1) is 6.07 Å². The fourth-order valence-electron chi connectivity index (χ4n) is 0.468. The Hall–Kier alpha value is -0.540. The minimum atomic E-state index is -0.947. The van der Waals surface area contributed by atoms with Crippen LogP contribution in [0.3, 0.4) is 0 Å². The summed E-state index contributed by atoms with van der Waals surface area (Å²) in [5.41, 5.74) is 0. The number of nitrogens with zero attached hydrogens (tertiary/aromatic N) is 1. The Labute approximate surface area is 57.1 Å². The normalized spacial score (nSPS) is 13.1. The summed E-state index contributed by atoms with van der Waals surface area (Å²) >= 11 is -0.947. The Morgan fingerprint density at radius 2 is 2.56 bits per heavy atom. The summed E-state index contributed by atoms with van der Waals surface area (Å²) < 4.78 is 10.7. The maximum atomic E-state index is 10.7. The monoisotopic (exact) mass is 140 g/mol. The lowest BCUT2D eigenvalue weighted by molar-refractivity contribution is 0.600. The first-order valence-corrected chi connectivity index (χ1v) is 4.01. The molecule has 47 valence electrons. The molecule has 1 heterocycles. The molecule has 0 N–H and O–H groups in total. The highest BCUT2D eigenvalue weighted by molar-refractivity contribution is 7.90. The van der Waals surface area contributed by atoms with Crippen molar-refractivity contribution >= 4 is 11.2 Å². The Morgan fingerprint density at radius 1 is 1.78 bits per heavy atom. The van der Waals surface area contributed by atoms with Crippen molar-refractivity contribution in [3.05, 3.63) is 24.5 Å². The van der Waals surface area contributed by atoms with Crippen molar-refractivity contribution in [3.63, 3.8) is 0 Å². The van der Waals surface area contributed by atoms with Crippen LogP contribution in [-0.4, -0.2) is 15.8 Å². The largest absolute Gasteiger partial charge is 0.612 e. The van der Waals surface area contributed by atoms with E-state index in [2.05, 4.69) is 11.1 Å². The molecule has 0 aliphatic heterocycles. The Bertz CT molecular complexity index is 176. The number of hydrogen-bond donors (Lipinski definition) is 0. The van der Waals surface area contributed by atoms with Crippen LogP contribution < -0.4 is 0 Å². The van der Waals surface area contributed by atoms with E-state index in [1.807, 2.05) is 0 Å². The average Bonchev–Trinajstić information content (AvgIpc) is 1.90. The first kappa shape index (κ1) is 6.58. The smallest absolute Gasteiger partial charge is 0.178 e. The summed E-state index contributed by atoms with van der Waals surface area (Å²) in [4.78, 5) is 4.43. The highest BCUT2D eigenvalue weighted by atomic mass is 32.2. The quantitative estimate of drug-likeness (QED) is 0.536. The lowest BCUT2D eigenvalue weighted by Crippen LogP contribution is -1.96. The first-order chi connectivity index (χ1) is 4.30. The second kappa shape index (κ2) is 2.85. The van der Waals surface area contributed by atoms with Crippen molar-refractivity contribution in [1.29, 1.82) is 0 Å². The predicted octanol–water partition coefficient (Wildman–Crippen LogP) is 0.619.